The molecule has 3 nitrogen and oxygen atoms in total. The number of hydrogen-bond donors (Lipinski definition) is 0. The number of carbonyl (C=O) groups is 1. The molecule has 0 saturated carbocycles. The summed E-state index contributed by atoms with van der Waals surface area (Å²) in [4.78, 5) is 15.1. The first kappa shape index (κ1) is 20.2. The van der Waals surface area contributed by atoms with Gasteiger partial charge in [-0.05, 0) is 49.3 Å². The number of carbonyl (C=O) groups excluding carboxylic acids is 1. The van der Waals surface area contributed by atoms with E-state index in [2.05, 4.69) is 36.9 Å². The Labute approximate surface area is 161 Å². The molecule has 0 saturated heterocycles. The Morgan fingerprint density at radius 1 is 1.00 bits per heavy atom. The van der Waals surface area contributed by atoms with Crippen molar-refractivity contribution in [2.45, 2.75) is 39.5 Å². The average molecular weight is 372 g/mol. The van der Waals surface area contributed by atoms with E-state index < -0.39 is 0 Å². The number of methoxy groups -OCH3 is 1. The van der Waals surface area contributed by atoms with Crippen molar-refractivity contribution in [3.05, 3.63) is 45.6 Å². The average Bonchev–Trinajstić information content (AvgIpc) is 3.14. The number of hydrogen-bond acceptors (Lipinski definition) is 4. The molecule has 0 aliphatic carbocycles. The van der Waals surface area contributed by atoms with Crippen molar-refractivity contribution in [3.8, 4) is 5.75 Å². The van der Waals surface area contributed by atoms with E-state index in [1.54, 1.807) is 7.11 Å². The Hall–Kier alpha value is -2.07. The molecule has 2 aromatic rings. The topological polar surface area (TPSA) is 29.5 Å². The van der Waals surface area contributed by atoms with Crippen LogP contribution in [0.15, 0.2) is 30.3 Å². The molecular formula is C22H29NO2S. The Morgan fingerprint density at radius 2 is 1.69 bits per heavy atom. The molecule has 2 rings (SSSR count). The van der Waals surface area contributed by atoms with Crippen LogP contribution in [0.1, 0.15) is 59.6 Å². The van der Waals surface area contributed by atoms with Crippen molar-refractivity contribution >= 4 is 35.5 Å². The molecule has 0 aliphatic heterocycles. The summed E-state index contributed by atoms with van der Waals surface area (Å²) < 4.78 is 5.63. The highest BCUT2D eigenvalue weighted by Gasteiger charge is 2.09. The summed E-state index contributed by atoms with van der Waals surface area (Å²) in [5.41, 5.74) is 2.27. The quantitative estimate of drug-likeness (QED) is 0.444. The van der Waals surface area contributed by atoms with Crippen LogP contribution in [0, 0.1) is 0 Å². The van der Waals surface area contributed by atoms with Crippen molar-refractivity contribution in [2.24, 2.45) is 0 Å². The minimum absolute atomic E-state index is 0.745. The number of nitrogens with zero attached hydrogens (tertiary/aromatic N) is 1. The predicted molar refractivity (Wildman–Crippen MR) is 114 cm³/mol. The van der Waals surface area contributed by atoms with Gasteiger partial charge in [-0.1, -0.05) is 26.7 Å². The molecule has 0 spiro atoms. The first-order valence-corrected chi connectivity index (χ1v) is 10.2. The van der Waals surface area contributed by atoms with Gasteiger partial charge in [0.1, 0.15) is 5.75 Å². The van der Waals surface area contributed by atoms with E-state index in [0.29, 0.717) is 0 Å². The van der Waals surface area contributed by atoms with E-state index in [1.165, 1.54) is 42.7 Å². The molecule has 0 N–H and O–H groups in total. The highest BCUT2D eigenvalue weighted by Crippen LogP contribution is 2.28. The molecule has 0 aliphatic rings. The highest BCUT2D eigenvalue weighted by atomic mass is 32.1. The maximum absolute atomic E-state index is 10.8. The minimum Gasteiger partial charge on any atom is -0.496 e. The van der Waals surface area contributed by atoms with E-state index >= 15 is 0 Å². The first-order chi connectivity index (χ1) is 12.7. The van der Waals surface area contributed by atoms with Crippen LogP contribution in [-0.4, -0.2) is 26.5 Å². The molecule has 0 bridgehead atoms. The summed E-state index contributed by atoms with van der Waals surface area (Å²) in [6, 6.07) is 10.2. The van der Waals surface area contributed by atoms with Gasteiger partial charge in [0.25, 0.3) is 0 Å². The number of aldehydes is 1. The Balaban J connectivity index is 2.19. The van der Waals surface area contributed by atoms with E-state index in [4.69, 9.17) is 4.74 Å². The van der Waals surface area contributed by atoms with E-state index in [1.807, 2.05) is 24.3 Å². The van der Waals surface area contributed by atoms with Crippen molar-refractivity contribution in [2.75, 3.05) is 25.1 Å². The Kier molecular flexibility index (Phi) is 8.42. The van der Waals surface area contributed by atoms with Gasteiger partial charge in [-0.2, -0.15) is 0 Å². The Morgan fingerprint density at radius 3 is 2.27 bits per heavy atom. The molecule has 0 atom stereocenters. The lowest BCUT2D eigenvalue weighted by Gasteiger charge is -2.25. The molecule has 0 amide bonds. The fourth-order valence-corrected chi connectivity index (χ4v) is 3.52. The molecule has 1 heterocycles. The van der Waals surface area contributed by atoms with Crippen LogP contribution in [0.4, 0.5) is 5.69 Å². The third-order valence-electron chi connectivity index (χ3n) is 4.34. The lowest BCUT2D eigenvalue weighted by Crippen LogP contribution is -2.25. The van der Waals surface area contributed by atoms with Crippen molar-refractivity contribution in [3.63, 3.8) is 0 Å². The predicted octanol–water partition coefficient (Wildman–Crippen LogP) is 6.15. The van der Waals surface area contributed by atoms with Gasteiger partial charge >= 0.3 is 0 Å². The molecule has 0 unspecified atom stereocenters. The number of ether oxygens (including phenoxy) is 1. The van der Waals surface area contributed by atoms with Gasteiger partial charge in [-0.25, -0.2) is 0 Å². The molecule has 4 heteroatoms. The van der Waals surface area contributed by atoms with Crippen molar-refractivity contribution in [1.82, 2.24) is 0 Å². The zero-order chi connectivity index (χ0) is 18.8. The standard InChI is InChI=1S/C22H29NO2S/c1-4-6-14-23(15-7-5-2)19-10-8-18(22(16-19)25-3)9-11-20-12-13-21(17-24)26-20/h8-13,16-17H,4-7,14-15H2,1-3H3/b11-9+. The maximum atomic E-state index is 10.8. The summed E-state index contributed by atoms with van der Waals surface area (Å²) in [6.45, 7) is 6.62. The second-order valence-electron chi connectivity index (χ2n) is 6.31. The van der Waals surface area contributed by atoms with Crippen LogP contribution >= 0.6 is 11.3 Å². The van der Waals surface area contributed by atoms with E-state index in [9.17, 15) is 4.79 Å². The minimum atomic E-state index is 0.745. The van der Waals surface area contributed by atoms with Gasteiger partial charge in [0.15, 0.2) is 6.29 Å². The van der Waals surface area contributed by atoms with Gasteiger partial charge in [-0.15, -0.1) is 11.3 Å². The molecule has 1 aromatic carbocycles. The lowest BCUT2D eigenvalue weighted by molar-refractivity contribution is 0.112. The Bertz CT molecular complexity index is 713. The van der Waals surface area contributed by atoms with E-state index in [-0.39, 0.29) is 0 Å². The zero-order valence-corrected chi connectivity index (χ0v) is 16.8. The molecule has 1 aromatic heterocycles. The number of benzene rings is 1. The van der Waals surface area contributed by atoms with Crippen molar-refractivity contribution < 1.29 is 9.53 Å². The summed E-state index contributed by atoms with van der Waals surface area (Å²) in [7, 11) is 1.72. The lowest BCUT2D eigenvalue weighted by atomic mass is 10.1. The maximum Gasteiger partial charge on any atom is 0.160 e. The molecular weight excluding hydrogens is 342 g/mol. The van der Waals surface area contributed by atoms with Crippen LogP contribution in [0.25, 0.3) is 12.2 Å². The van der Waals surface area contributed by atoms with Crippen LogP contribution in [0.2, 0.25) is 0 Å². The van der Waals surface area contributed by atoms with Gasteiger partial charge in [0, 0.05) is 35.3 Å². The van der Waals surface area contributed by atoms with Crippen LogP contribution in [0.3, 0.4) is 0 Å². The van der Waals surface area contributed by atoms with Crippen LogP contribution in [0.5, 0.6) is 5.75 Å². The number of anilines is 1. The van der Waals surface area contributed by atoms with Crippen molar-refractivity contribution in [1.29, 1.82) is 0 Å². The molecule has 140 valence electrons. The third kappa shape index (κ3) is 5.73. The van der Waals surface area contributed by atoms with Gasteiger partial charge < -0.3 is 9.64 Å². The fraction of sp³-hybridized carbons (Fsp3) is 0.409. The molecule has 0 fully saturated rings. The van der Waals surface area contributed by atoms with E-state index in [0.717, 1.165) is 40.4 Å². The van der Waals surface area contributed by atoms with Gasteiger partial charge in [0.2, 0.25) is 0 Å². The zero-order valence-electron chi connectivity index (χ0n) is 16.0. The summed E-state index contributed by atoms with van der Waals surface area (Å²) in [6.07, 6.45) is 9.76. The first-order valence-electron chi connectivity index (χ1n) is 9.37. The highest BCUT2D eigenvalue weighted by molar-refractivity contribution is 7.14. The largest absolute Gasteiger partial charge is 0.496 e. The number of thiophene rings is 1. The molecule has 26 heavy (non-hydrogen) atoms. The second-order valence-corrected chi connectivity index (χ2v) is 7.46. The van der Waals surface area contributed by atoms with Crippen LogP contribution in [-0.2, 0) is 0 Å². The fourth-order valence-electron chi connectivity index (χ4n) is 2.80. The smallest absolute Gasteiger partial charge is 0.160 e. The van der Waals surface area contributed by atoms with Gasteiger partial charge in [-0.3, -0.25) is 4.79 Å². The van der Waals surface area contributed by atoms with Gasteiger partial charge in [0.05, 0.1) is 12.0 Å². The summed E-state index contributed by atoms with van der Waals surface area (Å²) in [5.74, 6) is 0.879. The SMILES string of the molecule is CCCCN(CCCC)c1ccc(/C=C/c2ccc(C=O)s2)c(OC)c1. The normalized spacial score (nSPS) is 11.0. The number of rotatable bonds is 11. The monoisotopic (exact) mass is 371 g/mol. The molecule has 0 radical (unpaired) electrons. The summed E-state index contributed by atoms with van der Waals surface area (Å²) in [5, 5.41) is 0. The number of unbranched alkanes of at least 4 members (excludes halogenated alkanes) is 2. The summed E-state index contributed by atoms with van der Waals surface area (Å²) >= 11 is 1.49. The second kappa shape index (κ2) is 10.8. The van der Waals surface area contributed by atoms with Crippen LogP contribution < -0.4 is 9.64 Å². The third-order valence-corrected chi connectivity index (χ3v) is 5.31.